The van der Waals surface area contributed by atoms with Gasteiger partial charge in [0, 0.05) is 17.4 Å². The number of anilines is 2. The number of para-hydroxylation sites is 1. The first-order valence-electron chi connectivity index (χ1n) is 6.49. The fourth-order valence-corrected chi connectivity index (χ4v) is 1.99. The molecule has 0 aliphatic rings. The van der Waals surface area contributed by atoms with Gasteiger partial charge in [-0.3, -0.25) is 4.79 Å². The Kier molecular flexibility index (Phi) is 4.66. The standard InChI is InChI=1S/C16H18N2O3/c1-20-14-8-7-12(10-15(14)21-2)18-16(19)9-11-5-3-4-6-13(11)17/h3-8,10H,9,17H2,1-2H3,(H,18,19). The SMILES string of the molecule is COc1ccc(NC(=O)Cc2ccccc2N)cc1OC. The van der Waals surface area contributed by atoms with E-state index in [1.54, 1.807) is 38.5 Å². The highest BCUT2D eigenvalue weighted by Gasteiger charge is 2.09. The normalized spacial score (nSPS) is 10.0. The topological polar surface area (TPSA) is 73.6 Å². The van der Waals surface area contributed by atoms with Crippen LogP contribution >= 0.6 is 0 Å². The summed E-state index contributed by atoms with van der Waals surface area (Å²) in [6.45, 7) is 0. The number of amides is 1. The van der Waals surface area contributed by atoms with Gasteiger partial charge in [-0.2, -0.15) is 0 Å². The molecule has 2 aromatic carbocycles. The number of benzene rings is 2. The molecular weight excluding hydrogens is 268 g/mol. The molecule has 21 heavy (non-hydrogen) atoms. The molecule has 0 atom stereocenters. The van der Waals surface area contributed by atoms with Crippen LogP contribution in [-0.2, 0) is 11.2 Å². The highest BCUT2D eigenvalue weighted by molar-refractivity contribution is 5.93. The summed E-state index contributed by atoms with van der Waals surface area (Å²) in [6, 6.07) is 12.5. The maximum atomic E-state index is 12.0. The minimum Gasteiger partial charge on any atom is -0.493 e. The third-order valence-corrected chi connectivity index (χ3v) is 3.07. The van der Waals surface area contributed by atoms with Gasteiger partial charge in [-0.15, -0.1) is 0 Å². The van der Waals surface area contributed by atoms with Crippen molar-refractivity contribution >= 4 is 17.3 Å². The third-order valence-electron chi connectivity index (χ3n) is 3.07. The van der Waals surface area contributed by atoms with Crippen molar-refractivity contribution in [3.63, 3.8) is 0 Å². The highest BCUT2D eigenvalue weighted by atomic mass is 16.5. The second kappa shape index (κ2) is 6.65. The van der Waals surface area contributed by atoms with Gasteiger partial charge in [-0.05, 0) is 23.8 Å². The molecule has 0 saturated heterocycles. The van der Waals surface area contributed by atoms with E-state index in [2.05, 4.69) is 5.32 Å². The molecule has 0 aromatic heterocycles. The van der Waals surface area contributed by atoms with Gasteiger partial charge in [0.25, 0.3) is 0 Å². The van der Waals surface area contributed by atoms with Gasteiger partial charge < -0.3 is 20.5 Å². The lowest BCUT2D eigenvalue weighted by Crippen LogP contribution is -2.15. The van der Waals surface area contributed by atoms with Gasteiger partial charge in [0.15, 0.2) is 11.5 Å². The van der Waals surface area contributed by atoms with Crippen LogP contribution in [0, 0.1) is 0 Å². The summed E-state index contributed by atoms with van der Waals surface area (Å²) in [5.41, 5.74) is 7.89. The van der Waals surface area contributed by atoms with Crippen molar-refractivity contribution in [3.05, 3.63) is 48.0 Å². The Morgan fingerprint density at radius 3 is 2.48 bits per heavy atom. The molecule has 0 bridgehead atoms. The zero-order valence-electron chi connectivity index (χ0n) is 12.1. The Morgan fingerprint density at radius 2 is 1.81 bits per heavy atom. The van der Waals surface area contributed by atoms with E-state index in [0.717, 1.165) is 5.56 Å². The van der Waals surface area contributed by atoms with E-state index in [4.69, 9.17) is 15.2 Å². The van der Waals surface area contributed by atoms with E-state index in [9.17, 15) is 4.79 Å². The highest BCUT2D eigenvalue weighted by Crippen LogP contribution is 2.29. The number of hydrogen-bond acceptors (Lipinski definition) is 4. The van der Waals surface area contributed by atoms with Crippen molar-refractivity contribution in [2.75, 3.05) is 25.3 Å². The van der Waals surface area contributed by atoms with Crippen LogP contribution in [0.25, 0.3) is 0 Å². The number of rotatable bonds is 5. The van der Waals surface area contributed by atoms with Crippen molar-refractivity contribution in [1.29, 1.82) is 0 Å². The van der Waals surface area contributed by atoms with Gasteiger partial charge >= 0.3 is 0 Å². The molecule has 0 heterocycles. The van der Waals surface area contributed by atoms with Crippen LogP contribution < -0.4 is 20.5 Å². The molecule has 5 nitrogen and oxygen atoms in total. The summed E-state index contributed by atoms with van der Waals surface area (Å²) < 4.78 is 10.4. The Labute approximate surface area is 123 Å². The second-order valence-corrected chi connectivity index (χ2v) is 4.49. The van der Waals surface area contributed by atoms with Gasteiger partial charge in [-0.1, -0.05) is 18.2 Å². The summed E-state index contributed by atoms with van der Waals surface area (Å²) in [4.78, 5) is 12.0. The molecule has 2 aromatic rings. The van der Waals surface area contributed by atoms with Crippen molar-refractivity contribution in [2.45, 2.75) is 6.42 Å². The molecule has 0 unspecified atom stereocenters. The van der Waals surface area contributed by atoms with Crippen molar-refractivity contribution in [1.82, 2.24) is 0 Å². The number of nitrogens with one attached hydrogen (secondary N) is 1. The Morgan fingerprint density at radius 1 is 1.10 bits per heavy atom. The van der Waals surface area contributed by atoms with E-state index in [0.29, 0.717) is 22.9 Å². The van der Waals surface area contributed by atoms with Crippen LogP contribution in [0.1, 0.15) is 5.56 Å². The molecule has 0 spiro atoms. The fourth-order valence-electron chi connectivity index (χ4n) is 1.99. The number of hydrogen-bond donors (Lipinski definition) is 2. The lowest BCUT2D eigenvalue weighted by Gasteiger charge is -2.11. The smallest absolute Gasteiger partial charge is 0.228 e. The number of nitrogens with two attached hydrogens (primary N) is 1. The molecule has 0 saturated carbocycles. The number of carbonyl (C=O) groups excluding carboxylic acids is 1. The van der Waals surface area contributed by atoms with E-state index < -0.39 is 0 Å². The number of carbonyl (C=O) groups is 1. The van der Waals surface area contributed by atoms with Crippen molar-refractivity contribution in [3.8, 4) is 11.5 Å². The fraction of sp³-hybridized carbons (Fsp3) is 0.188. The van der Waals surface area contributed by atoms with Gasteiger partial charge in [0.2, 0.25) is 5.91 Å². The minimum atomic E-state index is -0.139. The zero-order chi connectivity index (χ0) is 15.2. The predicted molar refractivity (Wildman–Crippen MR) is 82.7 cm³/mol. The molecule has 3 N–H and O–H groups in total. The lowest BCUT2D eigenvalue weighted by molar-refractivity contribution is -0.115. The van der Waals surface area contributed by atoms with Crippen LogP contribution in [0.15, 0.2) is 42.5 Å². The molecule has 0 aliphatic heterocycles. The monoisotopic (exact) mass is 286 g/mol. The maximum absolute atomic E-state index is 12.0. The number of ether oxygens (including phenoxy) is 2. The largest absolute Gasteiger partial charge is 0.493 e. The van der Waals surface area contributed by atoms with Crippen LogP contribution in [0.3, 0.4) is 0 Å². The van der Waals surface area contributed by atoms with Gasteiger partial charge in [0.05, 0.1) is 20.6 Å². The van der Waals surface area contributed by atoms with Gasteiger partial charge in [-0.25, -0.2) is 0 Å². The zero-order valence-corrected chi connectivity index (χ0v) is 12.1. The Hall–Kier alpha value is -2.69. The van der Waals surface area contributed by atoms with E-state index in [1.807, 2.05) is 18.2 Å². The van der Waals surface area contributed by atoms with E-state index in [-0.39, 0.29) is 12.3 Å². The summed E-state index contributed by atoms with van der Waals surface area (Å²) >= 11 is 0. The molecule has 2 rings (SSSR count). The average Bonchev–Trinajstić information content (AvgIpc) is 2.49. The molecule has 1 amide bonds. The second-order valence-electron chi connectivity index (χ2n) is 4.49. The summed E-state index contributed by atoms with van der Waals surface area (Å²) in [7, 11) is 3.11. The number of nitrogen functional groups attached to an aromatic ring is 1. The summed E-state index contributed by atoms with van der Waals surface area (Å²) in [5.74, 6) is 1.04. The van der Waals surface area contributed by atoms with E-state index >= 15 is 0 Å². The third kappa shape index (κ3) is 3.66. The van der Waals surface area contributed by atoms with Crippen LogP contribution in [0.2, 0.25) is 0 Å². The number of methoxy groups -OCH3 is 2. The minimum absolute atomic E-state index is 0.139. The van der Waals surface area contributed by atoms with Gasteiger partial charge in [0.1, 0.15) is 0 Å². The quantitative estimate of drug-likeness (QED) is 0.828. The molecular formula is C16H18N2O3. The molecule has 0 fully saturated rings. The van der Waals surface area contributed by atoms with Crippen molar-refractivity contribution in [2.24, 2.45) is 0 Å². The summed E-state index contributed by atoms with van der Waals surface area (Å²) in [5, 5.41) is 2.81. The van der Waals surface area contributed by atoms with Crippen LogP contribution in [-0.4, -0.2) is 20.1 Å². The Balaban J connectivity index is 2.08. The first kappa shape index (κ1) is 14.7. The first-order valence-corrected chi connectivity index (χ1v) is 6.49. The molecule has 0 aliphatic carbocycles. The van der Waals surface area contributed by atoms with Crippen LogP contribution in [0.5, 0.6) is 11.5 Å². The van der Waals surface area contributed by atoms with Crippen LogP contribution in [0.4, 0.5) is 11.4 Å². The molecule has 0 radical (unpaired) electrons. The average molecular weight is 286 g/mol. The molecule has 5 heteroatoms. The lowest BCUT2D eigenvalue weighted by atomic mass is 10.1. The first-order chi connectivity index (χ1) is 10.1. The Bertz CT molecular complexity index is 641. The predicted octanol–water partition coefficient (Wildman–Crippen LogP) is 2.47. The molecule has 110 valence electrons. The van der Waals surface area contributed by atoms with E-state index in [1.165, 1.54) is 0 Å². The van der Waals surface area contributed by atoms with Crippen molar-refractivity contribution < 1.29 is 14.3 Å². The summed E-state index contributed by atoms with van der Waals surface area (Å²) in [6.07, 6.45) is 0.223. The maximum Gasteiger partial charge on any atom is 0.228 e.